The molecule has 0 radical (unpaired) electrons. The van der Waals surface area contributed by atoms with E-state index in [9.17, 15) is 18.0 Å². The van der Waals surface area contributed by atoms with Crippen molar-refractivity contribution in [2.24, 2.45) is 0 Å². The van der Waals surface area contributed by atoms with Crippen LogP contribution in [0.2, 0.25) is 15.1 Å². The van der Waals surface area contributed by atoms with E-state index >= 15 is 0 Å². The largest absolute Gasteiger partial charge is 0.434 e. The highest BCUT2D eigenvalue weighted by Crippen LogP contribution is 2.38. The van der Waals surface area contributed by atoms with Crippen LogP contribution in [-0.4, -0.2) is 27.2 Å². The first-order valence-corrected chi connectivity index (χ1v) is 10.7. The number of alkyl halides is 3. The molecule has 0 spiro atoms. The van der Waals surface area contributed by atoms with Crippen LogP contribution in [0.25, 0.3) is 28.0 Å². The van der Waals surface area contributed by atoms with Crippen molar-refractivity contribution in [3.8, 4) is 16.9 Å². The minimum Gasteiger partial charge on any atom is -0.352 e. The van der Waals surface area contributed by atoms with Gasteiger partial charge in [-0.25, -0.2) is 9.67 Å². The molecule has 2 aromatic heterocycles. The molecule has 0 atom stereocenters. The predicted octanol–water partition coefficient (Wildman–Crippen LogP) is 6.82. The second-order valence-corrected chi connectivity index (χ2v) is 8.26. The molecular weight excluding hydrogens is 500 g/mol. The van der Waals surface area contributed by atoms with Gasteiger partial charge in [-0.3, -0.25) is 4.79 Å². The first-order valence-electron chi connectivity index (χ1n) is 9.60. The molecule has 0 aliphatic carbocycles. The number of carbonyl (C=O) groups excluding carboxylic acids is 1. The molecule has 0 saturated carbocycles. The van der Waals surface area contributed by atoms with Gasteiger partial charge in [0.2, 0.25) is 0 Å². The number of carbonyl (C=O) groups is 1. The Morgan fingerprint density at radius 2 is 1.70 bits per heavy atom. The lowest BCUT2D eigenvalue weighted by Crippen LogP contribution is -2.26. The Labute approximate surface area is 201 Å². The lowest BCUT2D eigenvalue weighted by atomic mass is 10.0. The highest BCUT2D eigenvalue weighted by molar-refractivity contribution is 6.35. The van der Waals surface area contributed by atoms with E-state index in [0.717, 1.165) is 6.07 Å². The van der Waals surface area contributed by atoms with Crippen LogP contribution in [0.5, 0.6) is 0 Å². The highest BCUT2D eigenvalue weighted by atomic mass is 35.5. The van der Waals surface area contributed by atoms with Crippen LogP contribution in [0.1, 0.15) is 23.0 Å². The van der Waals surface area contributed by atoms with E-state index in [1.807, 2.05) is 0 Å². The average molecular weight is 514 g/mol. The van der Waals surface area contributed by atoms with Crippen molar-refractivity contribution in [1.29, 1.82) is 0 Å². The van der Waals surface area contributed by atoms with Crippen LogP contribution < -0.4 is 5.32 Å². The second-order valence-electron chi connectivity index (χ2n) is 6.98. The monoisotopic (exact) mass is 512 g/mol. The maximum Gasteiger partial charge on any atom is 0.434 e. The molecule has 170 valence electrons. The summed E-state index contributed by atoms with van der Waals surface area (Å²) in [6, 6.07) is 12.4. The van der Waals surface area contributed by atoms with Gasteiger partial charge in [-0.2, -0.15) is 13.2 Å². The van der Waals surface area contributed by atoms with E-state index in [1.165, 1.54) is 10.7 Å². The Balaban J connectivity index is 2.10. The summed E-state index contributed by atoms with van der Waals surface area (Å²) in [5.41, 5.74) is -0.790. The van der Waals surface area contributed by atoms with Gasteiger partial charge in [0.15, 0.2) is 11.3 Å². The minimum atomic E-state index is -4.86. The third-order valence-corrected chi connectivity index (χ3v) is 5.56. The molecule has 5 nitrogen and oxygen atoms in total. The number of hydrogen-bond donors (Lipinski definition) is 1. The fraction of sp³-hybridized carbons (Fsp3) is 0.136. The lowest BCUT2D eigenvalue weighted by molar-refractivity contribution is -0.141. The number of nitrogens with zero attached hydrogens (tertiary/aromatic N) is 3. The van der Waals surface area contributed by atoms with E-state index < -0.39 is 23.3 Å². The number of halogens is 6. The number of hydrogen-bond acceptors (Lipinski definition) is 3. The van der Waals surface area contributed by atoms with E-state index in [4.69, 9.17) is 34.8 Å². The molecule has 0 aliphatic rings. The summed E-state index contributed by atoms with van der Waals surface area (Å²) in [5.74, 6) is -0.890. The molecule has 2 aromatic carbocycles. The smallest absolute Gasteiger partial charge is 0.352 e. The number of amides is 1. The average Bonchev–Trinajstić information content (AvgIpc) is 3.11. The van der Waals surface area contributed by atoms with E-state index in [0.29, 0.717) is 27.0 Å². The van der Waals surface area contributed by atoms with Crippen LogP contribution >= 0.6 is 34.8 Å². The van der Waals surface area contributed by atoms with Crippen molar-refractivity contribution in [2.45, 2.75) is 13.1 Å². The van der Waals surface area contributed by atoms with Gasteiger partial charge in [0.05, 0.1) is 22.0 Å². The Hall–Kier alpha value is -2.81. The molecule has 4 aromatic rings. The van der Waals surface area contributed by atoms with Gasteiger partial charge in [0.25, 0.3) is 5.91 Å². The van der Waals surface area contributed by atoms with Crippen molar-refractivity contribution in [2.75, 3.05) is 6.54 Å². The van der Waals surface area contributed by atoms with E-state index in [1.54, 1.807) is 43.3 Å². The van der Waals surface area contributed by atoms with Crippen LogP contribution in [0, 0.1) is 0 Å². The van der Waals surface area contributed by atoms with Crippen LogP contribution in [0.15, 0.2) is 48.5 Å². The number of benzene rings is 2. The molecule has 0 aliphatic heterocycles. The molecule has 0 fully saturated rings. The fourth-order valence-corrected chi connectivity index (χ4v) is 3.99. The molecule has 11 heteroatoms. The number of pyridine rings is 1. The Bertz CT molecular complexity index is 1370. The molecular formula is C22H14Cl3F3N4O. The van der Waals surface area contributed by atoms with Crippen molar-refractivity contribution < 1.29 is 18.0 Å². The van der Waals surface area contributed by atoms with Gasteiger partial charge in [-0.15, -0.1) is 5.10 Å². The van der Waals surface area contributed by atoms with Gasteiger partial charge >= 0.3 is 6.18 Å². The van der Waals surface area contributed by atoms with E-state index in [2.05, 4.69) is 15.4 Å². The second kappa shape index (κ2) is 8.85. The summed E-state index contributed by atoms with van der Waals surface area (Å²) in [7, 11) is 0. The quantitative estimate of drug-likeness (QED) is 0.326. The SMILES string of the molecule is CCNC(=O)c1cc2c(-c3ccc(Cl)cc3)n(-c3ccc(Cl)cc3Cl)nc2nc1C(F)(F)F. The number of rotatable bonds is 4. The number of nitrogens with one attached hydrogen (secondary N) is 1. The number of fused-ring (bicyclic) bond motifs is 1. The molecule has 1 N–H and O–H groups in total. The molecule has 2 heterocycles. The Kier molecular flexibility index (Phi) is 6.26. The Morgan fingerprint density at radius 3 is 2.30 bits per heavy atom. The van der Waals surface area contributed by atoms with Crippen LogP contribution in [-0.2, 0) is 6.18 Å². The van der Waals surface area contributed by atoms with Crippen molar-refractivity contribution in [3.05, 3.63) is 74.9 Å². The normalized spacial score (nSPS) is 11.7. The fourth-order valence-electron chi connectivity index (χ4n) is 3.37. The zero-order valence-electron chi connectivity index (χ0n) is 16.8. The summed E-state index contributed by atoms with van der Waals surface area (Å²) < 4.78 is 42.6. The predicted molar refractivity (Wildman–Crippen MR) is 122 cm³/mol. The minimum absolute atomic E-state index is 0.151. The molecule has 0 unspecified atom stereocenters. The third kappa shape index (κ3) is 4.51. The van der Waals surface area contributed by atoms with Gasteiger partial charge in [-0.1, -0.05) is 46.9 Å². The van der Waals surface area contributed by atoms with Crippen molar-refractivity contribution in [3.63, 3.8) is 0 Å². The van der Waals surface area contributed by atoms with Crippen molar-refractivity contribution in [1.82, 2.24) is 20.1 Å². The maximum atomic E-state index is 13.8. The van der Waals surface area contributed by atoms with Crippen molar-refractivity contribution >= 4 is 51.7 Å². The first-order chi connectivity index (χ1) is 15.6. The van der Waals surface area contributed by atoms with Gasteiger partial charge in [0.1, 0.15) is 0 Å². The van der Waals surface area contributed by atoms with Gasteiger partial charge < -0.3 is 5.32 Å². The summed E-state index contributed by atoms with van der Waals surface area (Å²) in [6.45, 7) is 1.76. The molecule has 0 bridgehead atoms. The zero-order valence-corrected chi connectivity index (χ0v) is 19.1. The third-order valence-electron chi connectivity index (χ3n) is 4.77. The summed E-state index contributed by atoms with van der Waals surface area (Å²) in [4.78, 5) is 16.2. The Morgan fingerprint density at radius 1 is 1.03 bits per heavy atom. The summed E-state index contributed by atoms with van der Waals surface area (Å²) in [5, 5.41) is 8.02. The maximum absolute atomic E-state index is 13.8. The van der Waals surface area contributed by atoms with E-state index in [-0.39, 0.29) is 22.6 Å². The highest BCUT2D eigenvalue weighted by Gasteiger charge is 2.38. The molecule has 33 heavy (non-hydrogen) atoms. The topological polar surface area (TPSA) is 59.8 Å². The van der Waals surface area contributed by atoms with Crippen LogP contribution in [0.3, 0.4) is 0 Å². The van der Waals surface area contributed by atoms with Crippen LogP contribution in [0.4, 0.5) is 13.2 Å². The first kappa shape index (κ1) is 23.4. The standard InChI is InChI=1S/C22H14Cl3F3N4O/c1-2-29-21(33)15-10-14-18(11-3-5-12(23)6-4-11)32(17-8-7-13(24)9-16(17)25)31-20(14)30-19(15)22(26,27)28/h3-10H,2H2,1H3,(H,29,33). The van der Waals surface area contributed by atoms with Gasteiger partial charge in [-0.05, 0) is 43.3 Å². The zero-order chi connectivity index (χ0) is 23.9. The lowest BCUT2D eigenvalue weighted by Gasteiger charge is -2.12. The molecule has 0 saturated heterocycles. The summed E-state index contributed by atoms with van der Waals surface area (Å²) in [6.07, 6.45) is -4.86. The van der Waals surface area contributed by atoms with Gasteiger partial charge in [0, 0.05) is 27.5 Å². The molecule has 4 rings (SSSR count). The summed E-state index contributed by atoms with van der Waals surface area (Å²) >= 11 is 18.4. The molecule has 1 amide bonds. The number of aromatic nitrogens is 3.